The van der Waals surface area contributed by atoms with Gasteiger partial charge in [0.15, 0.2) is 0 Å². The summed E-state index contributed by atoms with van der Waals surface area (Å²) in [5, 5.41) is 10.4. The van der Waals surface area contributed by atoms with Crippen molar-refractivity contribution in [3.63, 3.8) is 0 Å². The molecule has 1 atom stereocenters. The van der Waals surface area contributed by atoms with E-state index in [0.717, 1.165) is 35.4 Å². The van der Waals surface area contributed by atoms with Crippen molar-refractivity contribution in [2.45, 2.75) is 32.3 Å². The van der Waals surface area contributed by atoms with Crippen molar-refractivity contribution in [3.05, 3.63) is 70.2 Å². The molecule has 100 valence electrons. The molecule has 0 heterocycles. The molecule has 0 bridgehead atoms. The van der Waals surface area contributed by atoms with Gasteiger partial charge in [0.1, 0.15) is 0 Å². The molecule has 1 aliphatic rings. The van der Waals surface area contributed by atoms with Gasteiger partial charge in [-0.2, -0.15) is 0 Å². The van der Waals surface area contributed by atoms with E-state index >= 15 is 0 Å². The molecule has 0 amide bonds. The summed E-state index contributed by atoms with van der Waals surface area (Å²) in [5.41, 5.74) is 3.60. The zero-order valence-corrected chi connectivity index (χ0v) is 11.9. The molecule has 3 rings (SSSR count). The maximum atomic E-state index is 9.56. The first-order valence-corrected chi connectivity index (χ1v) is 7.03. The van der Waals surface area contributed by atoms with Gasteiger partial charge in [0.2, 0.25) is 0 Å². The molecule has 1 aliphatic carbocycles. The minimum atomic E-state index is -0.208. The molecular weight excluding hydrogens is 256 g/mol. The Morgan fingerprint density at radius 2 is 1.74 bits per heavy atom. The second-order valence-corrected chi connectivity index (χ2v) is 5.26. The third kappa shape index (κ3) is 3.82. The number of hydrogen-bond acceptors (Lipinski definition) is 1. The van der Waals surface area contributed by atoms with Crippen LogP contribution in [-0.4, -0.2) is 5.11 Å². The number of aliphatic hydroxyl groups is 1. The van der Waals surface area contributed by atoms with Crippen molar-refractivity contribution in [2.24, 2.45) is 0 Å². The average Bonchev–Trinajstić information content (AvgIpc) is 2.44. The number of benzene rings is 2. The van der Waals surface area contributed by atoms with Gasteiger partial charge < -0.3 is 5.11 Å². The summed E-state index contributed by atoms with van der Waals surface area (Å²) in [6.45, 7) is 1.99. The predicted molar refractivity (Wildman–Crippen MR) is 80.5 cm³/mol. The molecule has 0 saturated carbocycles. The molecule has 0 aliphatic heterocycles. The summed E-state index contributed by atoms with van der Waals surface area (Å²) >= 11 is 5.71. The Morgan fingerprint density at radius 3 is 2.37 bits per heavy atom. The summed E-state index contributed by atoms with van der Waals surface area (Å²) in [6.07, 6.45) is 2.97. The molecule has 2 heteroatoms. The molecule has 0 spiro atoms. The molecule has 0 fully saturated rings. The largest absolute Gasteiger partial charge is 0.388 e. The van der Waals surface area contributed by atoms with Crippen LogP contribution in [0, 0.1) is 6.92 Å². The SMILES string of the molecule is Cc1ccccc1Cl.O[C@H]1CCCc2ccccc21. The number of aliphatic hydroxyl groups excluding tert-OH is 1. The Morgan fingerprint density at radius 1 is 1.05 bits per heavy atom. The van der Waals surface area contributed by atoms with Crippen molar-refractivity contribution >= 4 is 11.6 Å². The van der Waals surface area contributed by atoms with E-state index in [-0.39, 0.29) is 6.10 Å². The Labute approximate surface area is 119 Å². The Hall–Kier alpha value is -1.31. The van der Waals surface area contributed by atoms with Crippen LogP contribution in [0.25, 0.3) is 0 Å². The average molecular weight is 275 g/mol. The highest BCUT2D eigenvalue weighted by Gasteiger charge is 2.15. The molecule has 19 heavy (non-hydrogen) atoms. The fourth-order valence-electron chi connectivity index (χ4n) is 2.28. The molecule has 0 saturated heterocycles. The Kier molecular flexibility index (Phi) is 5.00. The lowest BCUT2D eigenvalue weighted by atomic mass is 9.90. The van der Waals surface area contributed by atoms with Crippen LogP contribution in [0.15, 0.2) is 48.5 Å². The maximum Gasteiger partial charge on any atom is 0.0792 e. The second kappa shape index (κ2) is 6.74. The van der Waals surface area contributed by atoms with Crippen LogP contribution in [0.5, 0.6) is 0 Å². The van der Waals surface area contributed by atoms with Crippen LogP contribution in [0.3, 0.4) is 0 Å². The third-order valence-corrected chi connectivity index (χ3v) is 3.84. The van der Waals surface area contributed by atoms with Crippen molar-refractivity contribution in [2.75, 3.05) is 0 Å². The second-order valence-electron chi connectivity index (χ2n) is 4.86. The van der Waals surface area contributed by atoms with Crippen LogP contribution in [0.1, 0.15) is 35.6 Å². The van der Waals surface area contributed by atoms with Crippen LogP contribution < -0.4 is 0 Å². The van der Waals surface area contributed by atoms with Gasteiger partial charge in [0.25, 0.3) is 0 Å². The summed E-state index contributed by atoms with van der Waals surface area (Å²) in [6, 6.07) is 15.9. The lowest BCUT2D eigenvalue weighted by molar-refractivity contribution is 0.156. The minimum Gasteiger partial charge on any atom is -0.388 e. The lowest BCUT2D eigenvalue weighted by Gasteiger charge is -2.20. The van der Waals surface area contributed by atoms with E-state index in [0.29, 0.717) is 0 Å². The van der Waals surface area contributed by atoms with Crippen molar-refractivity contribution < 1.29 is 5.11 Å². The fourth-order valence-corrected chi connectivity index (χ4v) is 2.42. The van der Waals surface area contributed by atoms with Crippen molar-refractivity contribution in [3.8, 4) is 0 Å². The van der Waals surface area contributed by atoms with Crippen LogP contribution in [0.2, 0.25) is 5.02 Å². The summed E-state index contributed by atoms with van der Waals surface area (Å²) < 4.78 is 0. The van der Waals surface area contributed by atoms with E-state index in [1.807, 2.05) is 49.4 Å². The lowest BCUT2D eigenvalue weighted by Crippen LogP contribution is -2.08. The van der Waals surface area contributed by atoms with Gasteiger partial charge in [-0.05, 0) is 48.9 Å². The van der Waals surface area contributed by atoms with Gasteiger partial charge in [-0.1, -0.05) is 54.1 Å². The number of halogens is 1. The van der Waals surface area contributed by atoms with E-state index in [1.54, 1.807) is 0 Å². The maximum absolute atomic E-state index is 9.56. The highest BCUT2D eigenvalue weighted by atomic mass is 35.5. The summed E-state index contributed by atoms with van der Waals surface area (Å²) in [4.78, 5) is 0. The van der Waals surface area contributed by atoms with Gasteiger partial charge in [-0.25, -0.2) is 0 Å². The highest BCUT2D eigenvalue weighted by molar-refractivity contribution is 6.31. The quantitative estimate of drug-likeness (QED) is 0.738. The molecule has 0 radical (unpaired) electrons. The van der Waals surface area contributed by atoms with E-state index in [2.05, 4.69) is 6.07 Å². The number of rotatable bonds is 0. The zero-order chi connectivity index (χ0) is 13.7. The van der Waals surface area contributed by atoms with E-state index in [4.69, 9.17) is 11.6 Å². The number of aryl methyl sites for hydroxylation is 2. The molecule has 1 nitrogen and oxygen atoms in total. The standard InChI is InChI=1S/C10H12O.C7H7Cl/c11-10-7-3-5-8-4-1-2-6-9(8)10;1-6-4-2-3-5-7(6)8/h1-2,4,6,10-11H,3,5,7H2;2-5H,1H3/t10-;/m0./s1. The molecule has 0 aromatic heterocycles. The molecule has 2 aromatic carbocycles. The molecular formula is C17H19ClO. The topological polar surface area (TPSA) is 20.2 Å². The normalized spacial score (nSPS) is 17.1. The van der Waals surface area contributed by atoms with Gasteiger partial charge in [0, 0.05) is 5.02 Å². The van der Waals surface area contributed by atoms with Crippen LogP contribution in [0.4, 0.5) is 0 Å². The van der Waals surface area contributed by atoms with E-state index in [1.165, 1.54) is 5.56 Å². The Balaban J connectivity index is 0.000000148. The van der Waals surface area contributed by atoms with Crippen molar-refractivity contribution in [1.82, 2.24) is 0 Å². The highest BCUT2D eigenvalue weighted by Crippen LogP contribution is 2.28. The van der Waals surface area contributed by atoms with Crippen molar-refractivity contribution in [1.29, 1.82) is 0 Å². The van der Waals surface area contributed by atoms with Crippen LogP contribution in [-0.2, 0) is 6.42 Å². The van der Waals surface area contributed by atoms with Gasteiger partial charge >= 0.3 is 0 Å². The molecule has 2 aromatic rings. The van der Waals surface area contributed by atoms with Gasteiger partial charge in [-0.15, -0.1) is 0 Å². The van der Waals surface area contributed by atoms with E-state index in [9.17, 15) is 5.11 Å². The summed E-state index contributed by atoms with van der Waals surface area (Å²) in [5.74, 6) is 0. The van der Waals surface area contributed by atoms with E-state index < -0.39 is 0 Å². The number of fused-ring (bicyclic) bond motifs is 1. The molecule has 0 unspecified atom stereocenters. The molecule has 1 N–H and O–H groups in total. The first-order valence-electron chi connectivity index (χ1n) is 6.65. The monoisotopic (exact) mass is 274 g/mol. The first-order chi connectivity index (χ1) is 9.18. The predicted octanol–water partition coefficient (Wildman–Crippen LogP) is 4.70. The number of hydrogen-bond donors (Lipinski definition) is 1. The Bertz CT molecular complexity index is 515. The van der Waals surface area contributed by atoms with Gasteiger partial charge in [-0.3, -0.25) is 0 Å². The first kappa shape index (κ1) is 14.1. The van der Waals surface area contributed by atoms with Gasteiger partial charge in [0.05, 0.1) is 6.10 Å². The van der Waals surface area contributed by atoms with Crippen LogP contribution >= 0.6 is 11.6 Å². The minimum absolute atomic E-state index is 0.208. The third-order valence-electron chi connectivity index (χ3n) is 3.41. The smallest absolute Gasteiger partial charge is 0.0792 e. The fraction of sp³-hybridized carbons (Fsp3) is 0.294. The zero-order valence-electron chi connectivity index (χ0n) is 11.1. The summed E-state index contributed by atoms with van der Waals surface area (Å²) in [7, 11) is 0.